The van der Waals surface area contributed by atoms with E-state index in [-0.39, 0.29) is 34.1 Å². The maximum absolute atomic E-state index is 11.0. The monoisotopic (exact) mass is 548 g/mol. The third kappa shape index (κ3) is 7.45. The smallest absolute Gasteiger partial charge is 0.299 e. The molecule has 0 radical (unpaired) electrons. The highest BCUT2D eigenvalue weighted by atomic mass is 16.6. The summed E-state index contributed by atoms with van der Waals surface area (Å²) < 4.78 is 5.01. The Morgan fingerprint density at radius 2 is 0.975 bits per heavy atom. The predicted molar refractivity (Wildman–Crippen MR) is 146 cm³/mol. The Morgan fingerprint density at radius 1 is 0.550 bits per heavy atom. The number of nitro groups is 4. The summed E-state index contributed by atoms with van der Waals surface area (Å²) in [6.07, 6.45) is 0. The van der Waals surface area contributed by atoms with Crippen molar-refractivity contribution in [2.75, 3.05) is 17.7 Å². The predicted octanol–water partition coefficient (Wildman–Crippen LogP) is 6.50. The number of hydrogen-bond donors (Lipinski definition) is 2. The minimum absolute atomic E-state index is 0.177. The molecule has 4 aromatic carbocycles. The van der Waals surface area contributed by atoms with Gasteiger partial charge in [-0.05, 0) is 48.5 Å². The number of hydrogen-bond acceptors (Lipinski definition) is 11. The molecule has 0 unspecified atom stereocenters. The van der Waals surface area contributed by atoms with Crippen molar-refractivity contribution in [3.63, 3.8) is 0 Å². The van der Waals surface area contributed by atoms with Crippen molar-refractivity contribution < 1.29 is 24.4 Å². The highest BCUT2D eigenvalue weighted by Gasteiger charge is 2.20. The van der Waals surface area contributed by atoms with Crippen LogP contribution < -0.4 is 15.4 Å². The zero-order chi connectivity index (χ0) is 29.2. The number of benzene rings is 4. The van der Waals surface area contributed by atoms with Gasteiger partial charge < -0.3 is 15.4 Å². The number of para-hydroxylation sites is 1. The lowest BCUT2D eigenvalue weighted by Gasteiger charge is -2.07. The van der Waals surface area contributed by atoms with Crippen LogP contribution in [0.25, 0.3) is 0 Å². The van der Waals surface area contributed by atoms with E-state index in [1.165, 1.54) is 31.4 Å². The van der Waals surface area contributed by atoms with E-state index < -0.39 is 19.7 Å². The van der Waals surface area contributed by atoms with Crippen molar-refractivity contribution in [3.8, 4) is 5.75 Å². The van der Waals surface area contributed by atoms with Crippen LogP contribution >= 0.6 is 0 Å². The minimum Gasteiger partial charge on any atom is -0.497 e. The molecule has 0 aliphatic carbocycles. The first kappa shape index (κ1) is 28.5. The van der Waals surface area contributed by atoms with Crippen LogP contribution in [0.2, 0.25) is 0 Å². The quantitative estimate of drug-likeness (QED) is 0.170. The molecular weight excluding hydrogens is 528 g/mol. The molecule has 2 N–H and O–H groups in total. The lowest BCUT2D eigenvalue weighted by molar-refractivity contribution is -0.393. The molecule has 0 saturated heterocycles. The molecule has 0 saturated carbocycles. The van der Waals surface area contributed by atoms with Gasteiger partial charge in [0.1, 0.15) is 17.1 Å². The highest BCUT2D eigenvalue weighted by molar-refractivity contribution is 5.72. The summed E-state index contributed by atoms with van der Waals surface area (Å²) in [5, 5.41) is 48.9. The van der Waals surface area contributed by atoms with Gasteiger partial charge in [-0.2, -0.15) is 0 Å². The third-order valence-electron chi connectivity index (χ3n) is 5.20. The first-order valence-electron chi connectivity index (χ1n) is 11.2. The van der Waals surface area contributed by atoms with E-state index in [0.29, 0.717) is 17.1 Å². The average molecular weight is 548 g/mol. The number of ether oxygens (including phenoxy) is 1. The lowest BCUT2D eigenvalue weighted by atomic mass is 10.2. The van der Waals surface area contributed by atoms with Gasteiger partial charge in [0.05, 0.1) is 38.9 Å². The van der Waals surface area contributed by atoms with Crippen molar-refractivity contribution in [1.29, 1.82) is 0 Å². The van der Waals surface area contributed by atoms with Crippen molar-refractivity contribution in [1.82, 2.24) is 0 Å². The van der Waals surface area contributed by atoms with Crippen LogP contribution in [0.15, 0.2) is 91.0 Å². The number of nitrogens with one attached hydrogen (secondary N) is 2. The van der Waals surface area contributed by atoms with Gasteiger partial charge in [-0.3, -0.25) is 40.5 Å². The Morgan fingerprint density at radius 3 is 1.35 bits per heavy atom. The van der Waals surface area contributed by atoms with Gasteiger partial charge in [-0.25, -0.2) is 0 Å². The van der Waals surface area contributed by atoms with Gasteiger partial charge in [0, 0.05) is 23.5 Å². The SMILES string of the molecule is COc1ccc(Nc2ccc([N+](=O)[O-])cc2[N+](=O)[O-])cc1.O=[N+]([O-])c1ccc(Nc2ccccc2)c([N+](=O)[O-])c1. The fraction of sp³-hybridized carbons (Fsp3) is 0.0400. The van der Waals surface area contributed by atoms with Crippen LogP contribution in [0, 0.1) is 40.5 Å². The van der Waals surface area contributed by atoms with E-state index in [2.05, 4.69) is 10.6 Å². The van der Waals surface area contributed by atoms with Gasteiger partial charge in [0.15, 0.2) is 0 Å². The Labute approximate surface area is 225 Å². The Bertz CT molecular complexity index is 1550. The Balaban J connectivity index is 0.000000222. The van der Waals surface area contributed by atoms with Crippen LogP contribution in [0.1, 0.15) is 0 Å². The fourth-order valence-corrected chi connectivity index (χ4v) is 3.29. The second-order valence-electron chi connectivity index (χ2n) is 7.78. The fourth-order valence-electron chi connectivity index (χ4n) is 3.29. The lowest BCUT2D eigenvalue weighted by Crippen LogP contribution is -1.98. The van der Waals surface area contributed by atoms with Crippen molar-refractivity contribution in [2.24, 2.45) is 0 Å². The van der Waals surface area contributed by atoms with Gasteiger partial charge in [-0.1, -0.05) is 18.2 Å². The normalized spacial score (nSPS) is 9.93. The summed E-state index contributed by atoms with van der Waals surface area (Å²) in [7, 11) is 1.53. The van der Waals surface area contributed by atoms with Gasteiger partial charge in [0.2, 0.25) is 0 Å². The van der Waals surface area contributed by atoms with Crippen molar-refractivity contribution >= 4 is 45.5 Å². The van der Waals surface area contributed by atoms with E-state index in [0.717, 1.165) is 12.1 Å². The molecule has 0 aliphatic rings. The summed E-state index contributed by atoms with van der Waals surface area (Å²) >= 11 is 0. The first-order chi connectivity index (χ1) is 19.1. The molecule has 0 fully saturated rings. The van der Waals surface area contributed by atoms with Gasteiger partial charge >= 0.3 is 0 Å². The molecule has 0 aromatic heterocycles. The number of rotatable bonds is 9. The summed E-state index contributed by atoms with van der Waals surface area (Å²) in [6, 6.07) is 22.5. The van der Waals surface area contributed by atoms with Crippen molar-refractivity contribution in [2.45, 2.75) is 0 Å². The zero-order valence-corrected chi connectivity index (χ0v) is 20.6. The maximum Gasteiger partial charge on any atom is 0.299 e. The molecule has 0 spiro atoms. The van der Waals surface area contributed by atoms with Crippen LogP contribution in [0.4, 0.5) is 45.5 Å². The summed E-state index contributed by atoms with van der Waals surface area (Å²) in [5.74, 6) is 0.652. The molecule has 4 aromatic rings. The molecule has 0 aliphatic heterocycles. The van der Waals surface area contributed by atoms with E-state index in [1.807, 2.05) is 6.07 Å². The molecule has 0 amide bonds. The minimum atomic E-state index is -0.676. The summed E-state index contributed by atoms with van der Waals surface area (Å²) in [6.45, 7) is 0. The zero-order valence-electron chi connectivity index (χ0n) is 20.6. The third-order valence-corrected chi connectivity index (χ3v) is 5.20. The van der Waals surface area contributed by atoms with E-state index >= 15 is 0 Å². The number of methoxy groups -OCH3 is 1. The van der Waals surface area contributed by atoms with Crippen LogP contribution in [0.5, 0.6) is 5.75 Å². The van der Waals surface area contributed by atoms with Crippen molar-refractivity contribution in [3.05, 3.63) is 131 Å². The first-order valence-corrected chi connectivity index (χ1v) is 11.2. The Kier molecular flexibility index (Phi) is 9.18. The molecule has 15 nitrogen and oxygen atoms in total. The molecule has 15 heteroatoms. The summed E-state index contributed by atoms with van der Waals surface area (Å²) in [4.78, 5) is 40.5. The number of non-ortho nitro benzene ring substituents is 2. The van der Waals surface area contributed by atoms with Gasteiger partial charge in [-0.15, -0.1) is 0 Å². The second-order valence-corrected chi connectivity index (χ2v) is 7.78. The van der Waals surface area contributed by atoms with Crippen LogP contribution in [-0.4, -0.2) is 26.8 Å². The number of nitrogens with zero attached hydrogens (tertiary/aromatic N) is 4. The van der Waals surface area contributed by atoms with E-state index in [9.17, 15) is 40.5 Å². The molecule has 0 bridgehead atoms. The van der Waals surface area contributed by atoms with Gasteiger partial charge in [0.25, 0.3) is 22.7 Å². The number of anilines is 4. The second kappa shape index (κ2) is 12.9. The number of nitro benzene ring substituents is 4. The van der Waals surface area contributed by atoms with Crippen LogP contribution in [0.3, 0.4) is 0 Å². The molecule has 40 heavy (non-hydrogen) atoms. The van der Waals surface area contributed by atoms with E-state index in [4.69, 9.17) is 4.74 Å². The van der Waals surface area contributed by atoms with E-state index in [1.54, 1.807) is 48.5 Å². The molecule has 204 valence electrons. The molecular formula is C25H20N6O9. The summed E-state index contributed by atoms with van der Waals surface area (Å²) in [5.41, 5.74) is 0.315. The largest absolute Gasteiger partial charge is 0.497 e. The maximum atomic E-state index is 11.0. The molecule has 0 atom stereocenters. The average Bonchev–Trinajstić information content (AvgIpc) is 2.94. The topological polar surface area (TPSA) is 206 Å². The standard InChI is InChI=1S/C13H11N3O5.C12H9N3O4/c1-21-11-5-2-9(3-6-11)14-12-7-4-10(15(17)18)8-13(12)16(19)20;16-14(17)10-6-7-11(12(8-10)15(18)19)13-9-4-2-1-3-5-9/h2-8,14H,1H3;1-8,13H. The Hall–Kier alpha value is -6.12. The highest BCUT2D eigenvalue weighted by Crippen LogP contribution is 2.32. The molecule has 0 heterocycles. The van der Waals surface area contributed by atoms with Crippen LogP contribution in [-0.2, 0) is 0 Å². The molecule has 4 rings (SSSR count).